The molecule has 1 aromatic heterocycles. The van der Waals surface area contributed by atoms with Crippen molar-refractivity contribution < 1.29 is 13.6 Å². The van der Waals surface area contributed by atoms with Gasteiger partial charge >= 0.3 is 0 Å². The van der Waals surface area contributed by atoms with E-state index in [0.29, 0.717) is 36.3 Å². The van der Waals surface area contributed by atoms with Crippen LogP contribution in [0.15, 0.2) is 77.6 Å². The third-order valence-electron chi connectivity index (χ3n) is 7.65. The number of H-pyrrole nitrogens is 1. The van der Waals surface area contributed by atoms with Gasteiger partial charge in [-0.25, -0.2) is 4.39 Å². The van der Waals surface area contributed by atoms with E-state index in [4.69, 9.17) is 4.43 Å². The molecule has 213 valence electrons. The SMILES string of the molecule is Cc1ccc(F)c2c(=O)[nH]c(-c3ccc(C(=O)N4CCN(CCO[Si](c5ccccc5)C(C)(C)C)CC4)cc3)cc12. The summed E-state index contributed by atoms with van der Waals surface area (Å²) in [5.41, 5.74) is 2.34. The molecule has 8 heteroatoms. The van der Waals surface area contributed by atoms with Gasteiger partial charge in [0.05, 0.1) is 5.39 Å². The zero-order valence-corrected chi connectivity index (χ0v) is 25.2. The summed E-state index contributed by atoms with van der Waals surface area (Å²) < 4.78 is 20.7. The van der Waals surface area contributed by atoms with Gasteiger partial charge in [-0.15, -0.1) is 0 Å². The molecular weight excluding hydrogens is 533 g/mol. The van der Waals surface area contributed by atoms with Crippen LogP contribution in [0.1, 0.15) is 36.7 Å². The molecule has 0 bridgehead atoms. The van der Waals surface area contributed by atoms with Crippen molar-refractivity contribution in [3.63, 3.8) is 0 Å². The van der Waals surface area contributed by atoms with Gasteiger partial charge in [-0.2, -0.15) is 0 Å². The number of aryl methyl sites for hydroxylation is 1. The summed E-state index contributed by atoms with van der Waals surface area (Å²) in [6.45, 7) is 13.1. The number of hydrogen-bond donors (Lipinski definition) is 1. The van der Waals surface area contributed by atoms with Crippen molar-refractivity contribution in [2.75, 3.05) is 39.3 Å². The number of nitrogens with zero attached hydrogens (tertiary/aromatic N) is 2. The summed E-state index contributed by atoms with van der Waals surface area (Å²) in [5.74, 6) is -0.533. The molecule has 0 saturated carbocycles. The molecule has 2 heterocycles. The van der Waals surface area contributed by atoms with Gasteiger partial charge < -0.3 is 14.3 Å². The van der Waals surface area contributed by atoms with Gasteiger partial charge in [0, 0.05) is 50.6 Å². The summed E-state index contributed by atoms with van der Waals surface area (Å²) in [7, 11) is -1.17. The van der Waals surface area contributed by atoms with Crippen molar-refractivity contribution in [2.45, 2.75) is 32.7 Å². The smallest absolute Gasteiger partial charge is 0.259 e. The fraction of sp³-hybridized carbons (Fsp3) is 0.333. The van der Waals surface area contributed by atoms with E-state index in [2.05, 4.69) is 54.9 Å². The first-order valence-electron chi connectivity index (χ1n) is 14.1. The number of aromatic nitrogens is 1. The number of fused-ring (bicyclic) bond motifs is 1. The van der Waals surface area contributed by atoms with Crippen molar-refractivity contribution in [3.05, 3.63) is 100 Å². The van der Waals surface area contributed by atoms with Crippen LogP contribution in [0.5, 0.6) is 0 Å². The number of piperazine rings is 1. The first-order chi connectivity index (χ1) is 19.6. The molecule has 0 spiro atoms. The lowest BCUT2D eigenvalue weighted by atomic mass is 10.0. The summed E-state index contributed by atoms with van der Waals surface area (Å²) in [5, 5.41) is 2.04. The molecule has 1 fully saturated rings. The molecule has 3 aromatic carbocycles. The molecule has 1 radical (unpaired) electrons. The van der Waals surface area contributed by atoms with Crippen LogP contribution in [0.25, 0.3) is 22.0 Å². The third kappa shape index (κ3) is 6.50. The number of carbonyl (C=O) groups excluding carboxylic acids is 1. The lowest BCUT2D eigenvalue weighted by Gasteiger charge is -2.35. The second-order valence-electron chi connectivity index (χ2n) is 11.7. The quantitative estimate of drug-likeness (QED) is 0.314. The highest BCUT2D eigenvalue weighted by Gasteiger charge is 2.31. The number of carbonyl (C=O) groups is 1. The van der Waals surface area contributed by atoms with Gasteiger partial charge in [-0.1, -0.05) is 69.3 Å². The fourth-order valence-electron chi connectivity index (χ4n) is 5.38. The Morgan fingerprint density at radius 3 is 2.32 bits per heavy atom. The van der Waals surface area contributed by atoms with Crippen molar-refractivity contribution >= 4 is 30.9 Å². The minimum absolute atomic E-state index is 0.000299. The Bertz CT molecular complexity index is 1570. The Kier molecular flexibility index (Phi) is 8.54. The van der Waals surface area contributed by atoms with Crippen LogP contribution >= 0.6 is 0 Å². The topological polar surface area (TPSA) is 65.6 Å². The van der Waals surface area contributed by atoms with Crippen LogP contribution in [0.3, 0.4) is 0 Å². The van der Waals surface area contributed by atoms with E-state index in [1.54, 1.807) is 24.3 Å². The number of pyridine rings is 1. The predicted molar refractivity (Wildman–Crippen MR) is 165 cm³/mol. The third-order valence-corrected chi connectivity index (χ3v) is 10.4. The largest absolute Gasteiger partial charge is 0.410 e. The van der Waals surface area contributed by atoms with Crippen LogP contribution in [0.2, 0.25) is 5.04 Å². The number of benzene rings is 3. The normalized spacial score (nSPS) is 14.6. The standard InChI is InChI=1S/C33H37FN3O3Si/c1-23-10-15-28(34)30-27(23)22-29(35-31(30)38)24-11-13-25(14-12-24)32(39)37-18-16-36(17-19-37)20-21-40-41(33(2,3)4)26-8-6-5-7-9-26/h5-15,22H,16-21H2,1-4H3,(H,35,38). The summed E-state index contributed by atoms with van der Waals surface area (Å²) >= 11 is 0. The van der Waals surface area contributed by atoms with Crippen LogP contribution in [-0.4, -0.2) is 69.1 Å². The Balaban J connectivity index is 1.17. The van der Waals surface area contributed by atoms with E-state index < -0.39 is 20.4 Å². The zero-order chi connectivity index (χ0) is 29.1. The molecule has 1 saturated heterocycles. The minimum atomic E-state index is -1.17. The number of hydrogen-bond acceptors (Lipinski definition) is 4. The molecule has 0 atom stereocenters. The van der Waals surface area contributed by atoms with Crippen LogP contribution < -0.4 is 10.7 Å². The average molecular weight is 571 g/mol. The van der Waals surface area contributed by atoms with E-state index in [9.17, 15) is 14.0 Å². The molecule has 1 N–H and O–H groups in total. The second-order valence-corrected chi connectivity index (χ2v) is 14.7. The molecule has 4 aromatic rings. The van der Waals surface area contributed by atoms with E-state index in [1.807, 2.05) is 30.0 Å². The van der Waals surface area contributed by atoms with E-state index in [1.165, 1.54) is 11.3 Å². The zero-order valence-electron chi connectivity index (χ0n) is 24.2. The maximum atomic E-state index is 14.2. The average Bonchev–Trinajstić information content (AvgIpc) is 2.97. The molecule has 6 nitrogen and oxygen atoms in total. The lowest BCUT2D eigenvalue weighted by Crippen LogP contribution is -2.50. The highest BCUT2D eigenvalue weighted by Crippen LogP contribution is 2.27. The van der Waals surface area contributed by atoms with Crippen LogP contribution in [0.4, 0.5) is 4.39 Å². The molecule has 0 aliphatic carbocycles. The number of aromatic amines is 1. The molecule has 1 aliphatic rings. The van der Waals surface area contributed by atoms with Gasteiger partial charge in [0.1, 0.15) is 5.82 Å². The van der Waals surface area contributed by atoms with Crippen LogP contribution in [0, 0.1) is 12.7 Å². The first kappa shape index (κ1) is 28.9. The molecule has 5 rings (SSSR count). The lowest BCUT2D eigenvalue weighted by molar-refractivity contribution is 0.0619. The van der Waals surface area contributed by atoms with Crippen molar-refractivity contribution in [3.8, 4) is 11.3 Å². The molecule has 1 aliphatic heterocycles. The molecule has 0 unspecified atom stereocenters. The van der Waals surface area contributed by atoms with Gasteiger partial charge in [0.15, 0.2) is 0 Å². The minimum Gasteiger partial charge on any atom is -0.410 e. The maximum Gasteiger partial charge on any atom is 0.259 e. The first-order valence-corrected chi connectivity index (χ1v) is 15.5. The van der Waals surface area contributed by atoms with Crippen LogP contribution in [-0.2, 0) is 4.43 Å². The van der Waals surface area contributed by atoms with E-state index in [-0.39, 0.29) is 16.3 Å². The molecular formula is C33H37FN3O3Si. The molecule has 1 amide bonds. The Morgan fingerprint density at radius 2 is 1.66 bits per heavy atom. The van der Waals surface area contributed by atoms with Gasteiger partial charge in [-0.3, -0.25) is 14.5 Å². The van der Waals surface area contributed by atoms with Gasteiger partial charge in [-0.05, 0) is 57.9 Å². The Morgan fingerprint density at radius 1 is 0.976 bits per heavy atom. The fourth-order valence-corrected chi connectivity index (χ4v) is 7.64. The van der Waals surface area contributed by atoms with Gasteiger partial charge in [0.2, 0.25) is 0 Å². The van der Waals surface area contributed by atoms with E-state index >= 15 is 0 Å². The number of amides is 1. The Labute approximate surface area is 242 Å². The van der Waals surface area contributed by atoms with Crippen molar-refractivity contribution in [1.29, 1.82) is 0 Å². The van der Waals surface area contributed by atoms with E-state index in [0.717, 1.165) is 30.8 Å². The number of rotatable bonds is 7. The second kappa shape index (κ2) is 12.1. The monoisotopic (exact) mass is 570 g/mol. The predicted octanol–water partition coefficient (Wildman–Crippen LogP) is 5.12. The highest BCUT2D eigenvalue weighted by atomic mass is 28.3. The summed E-state index contributed by atoms with van der Waals surface area (Å²) in [4.78, 5) is 32.9. The number of nitrogens with one attached hydrogen (secondary N) is 1. The highest BCUT2D eigenvalue weighted by molar-refractivity contribution is 6.70. The summed E-state index contributed by atoms with van der Waals surface area (Å²) in [6.07, 6.45) is 0. The number of halogens is 1. The van der Waals surface area contributed by atoms with Crippen molar-refractivity contribution in [2.24, 2.45) is 0 Å². The molecule has 41 heavy (non-hydrogen) atoms. The van der Waals surface area contributed by atoms with Crippen molar-refractivity contribution in [1.82, 2.24) is 14.8 Å². The maximum absolute atomic E-state index is 14.2. The van der Waals surface area contributed by atoms with Gasteiger partial charge in [0.25, 0.3) is 20.5 Å². The summed E-state index contributed by atoms with van der Waals surface area (Å²) in [6, 6.07) is 22.5. The Hall–Kier alpha value is -3.59.